The van der Waals surface area contributed by atoms with Gasteiger partial charge in [0.25, 0.3) is 0 Å². The minimum Gasteiger partial charge on any atom is -0.397 e. The second kappa shape index (κ2) is 4.26. The van der Waals surface area contributed by atoms with Crippen LogP contribution < -0.4 is 11.1 Å². The Kier molecular flexibility index (Phi) is 2.81. The third kappa shape index (κ3) is 2.16. The number of nitrogens with zero attached hydrogens (tertiary/aromatic N) is 1. The summed E-state index contributed by atoms with van der Waals surface area (Å²) >= 11 is 0. The highest BCUT2D eigenvalue weighted by Crippen LogP contribution is 2.17. The first-order valence-corrected chi connectivity index (χ1v) is 5.27. The third-order valence-electron chi connectivity index (χ3n) is 2.51. The Bertz CT molecular complexity index is 488. The summed E-state index contributed by atoms with van der Waals surface area (Å²) in [7, 11) is 0. The zero-order valence-electron chi connectivity index (χ0n) is 9.54. The van der Waals surface area contributed by atoms with E-state index in [-0.39, 0.29) is 0 Å². The van der Waals surface area contributed by atoms with Crippen molar-refractivity contribution in [1.82, 2.24) is 9.97 Å². The van der Waals surface area contributed by atoms with Crippen LogP contribution in [0.2, 0.25) is 0 Å². The molecular weight excluding hydrogens is 200 g/mol. The van der Waals surface area contributed by atoms with Gasteiger partial charge in [0.05, 0.1) is 23.6 Å². The van der Waals surface area contributed by atoms with E-state index in [4.69, 9.17) is 5.73 Å². The van der Waals surface area contributed by atoms with Crippen LogP contribution in [-0.2, 0) is 6.54 Å². The quantitative estimate of drug-likeness (QED) is 0.689. The maximum Gasteiger partial charge on any atom is 0.103 e. The van der Waals surface area contributed by atoms with Gasteiger partial charge < -0.3 is 16.0 Å². The van der Waals surface area contributed by atoms with Crippen LogP contribution in [0.15, 0.2) is 24.3 Å². The minimum absolute atomic E-state index is 0.685. The van der Waals surface area contributed by atoms with Crippen molar-refractivity contribution in [3.8, 4) is 0 Å². The number of aryl methyl sites for hydroxylation is 2. The van der Waals surface area contributed by atoms with Gasteiger partial charge in [-0.2, -0.15) is 0 Å². The van der Waals surface area contributed by atoms with E-state index >= 15 is 0 Å². The number of benzene rings is 1. The van der Waals surface area contributed by atoms with Gasteiger partial charge in [-0.1, -0.05) is 12.1 Å². The van der Waals surface area contributed by atoms with Gasteiger partial charge in [-0.05, 0) is 26.0 Å². The van der Waals surface area contributed by atoms with Gasteiger partial charge in [0.2, 0.25) is 0 Å². The minimum atomic E-state index is 0.685. The number of aromatic nitrogens is 2. The number of nitrogen functional groups attached to an aromatic ring is 1. The summed E-state index contributed by atoms with van der Waals surface area (Å²) in [6.07, 6.45) is 0. The SMILES string of the molecule is Cc1nc(CNc2ccccc2N)c(C)[nH]1. The van der Waals surface area contributed by atoms with Gasteiger partial charge in [-0.15, -0.1) is 0 Å². The van der Waals surface area contributed by atoms with Gasteiger partial charge in [-0.25, -0.2) is 4.98 Å². The number of imidazole rings is 1. The monoisotopic (exact) mass is 216 g/mol. The fourth-order valence-electron chi connectivity index (χ4n) is 1.67. The number of anilines is 2. The molecule has 2 rings (SSSR count). The average molecular weight is 216 g/mol. The molecule has 0 bridgehead atoms. The van der Waals surface area contributed by atoms with E-state index in [1.54, 1.807) is 0 Å². The second-order valence-corrected chi connectivity index (χ2v) is 3.83. The predicted octanol–water partition coefficient (Wildman–Crippen LogP) is 2.22. The van der Waals surface area contributed by atoms with Crippen molar-refractivity contribution in [1.29, 1.82) is 0 Å². The summed E-state index contributed by atoms with van der Waals surface area (Å²) in [6, 6.07) is 7.72. The zero-order valence-corrected chi connectivity index (χ0v) is 9.54. The number of hydrogen-bond acceptors (Lipinski definition) is 3. The molecular formula is C12H16N4. The molecule has 0 fully saturated rings. The molecule has 0 spiro atoms. The zero-order chi connectivity index (χ0) is 11.5. The highest BCUT2D eigenvalue weighted by Gasteiger charge is 2.04. The maximum absolute atomic E-state index is 5.84. The van der Waals surface area contributed by atoms with Gasteiger partial charge in [0.1, 0.15) is 5.82 Å². The van der Waals surface area contributed by atoms with Crippen molar-refractivity contribution < 1.29 is 0 Å². The third-order valence-corrected chi connectivity index (χ3v) is 2.51. The van der Waals surface area contributed by atoms with Crippen LogP contribution in [0, 0.1) is 13.8 Å². The fourth-order valence-corrected chi connectivity index (χ4v) is 1.67. The molecule has 1 aromatic heterocycles. The van der Waals surface area contributed by atoms with Crippen LogP contribution in [-0.4, -0.2) is 9.97 Å². The largest absolute Gasteiger partial charge is 0.397 e. The van der Waals surface area contributed by atoms with E-state index in [9.17, 15) is 0 Å². The first-order chi connectivity index (χ1) is 7.66. The van der Waals surface area contributed by atoms with Gasteiger partial charge >= 0.3 is 0 Å². The number of para-hydroxylation sites is 2. The summed E-state index contributed by atoms with van der Waals surface area (Å²) in [5, 5.41) is 3.28. The van der Waals surface area contributed by atoms with Crippen molar-refractivity contribution >= 4 is 11.4 Å². The molecule has 0 saturated carbocycles. The molecule has 16 heavy (non-hydrogen) atoms. The van der Waals surface area contributed by atoms with E-state index in [1.165, 1.54) is 0 Å². The van der Waals surface area contributed by atoms with Crippen molar-refractivity contribution in [3.63, 3.8) is 0 Å². The number of nitrogens with one attached hydrogen (secondary N) is 2. The van der Waals surface area contributed by atoms with E-state index in [2.05, 4.69) is 15.3 Å². The Morgan fingerprint density at radius 2 is 2.06 bits per heavy atom. The molecule has 4 heteroatoms. The van der Waals surface area contributed by atoms with Crippen molar-refractivity contribution in [2.45, 2.75) is 20.4 Å². The molecule has 0 atom stereocenters. The van der Waals surface area contributed by atoms with E-state index in [1.807, 2.05) is 38.1 Å². The number of nitrogens with two attached hydrogens (primary N) is 1. The normalized spacial score (nSPS) is 10.4. The molecule has 0 amide bonds. The standard InChI is InChI=1S/C12H16N4/c1-8-12(16-9(2)15-8)7-14-11-6-4-3-5-10(11)13/h3-6,14H,7,13H2,1-2H3,(H,15,16). The Balaban J connectivity index is 2.08. The first kappa shape index (κ1) is 10.5. The average Bonchev–Trinajstić information content (AvgIpc) is 2.56. The Morgan fingerprint density at radius 1 is 1.31 bits per heavy atom. The Labute approximate surface area is 94.9 Å². The van der Waals surface area contributed by atoms with Gasteiger partial charge in [0.15, 0.2) is 0 Å². The van der Waals surface area contributed by atoms with Crippen LogP contribution in [0.25, 0.3) is 0 Å². The fraction of sp³-hybridized carbons (Fsp3) is 0.250. The van der Waals surface area contributed by atoms with Crippen LogP contribution in [0.3, 0.4) is 0 Å². The number of hydrogen-bond donors (Lipinski definition) is 3. The molecule has 0 aliphatic carbocycles. The lowest BCUT2D eigenvalue weighted by molar-refractivity contribution is 1.04. The topological polar surface area (TPSA) is 66.7 Å². The molecule has 0 unspecified atom stereocenters. The summed E-state index contributed by atoms with van der Waals surface area (Å²) in [6.45, 7) is 4.66. The van der Waals surface area contributed by atoms with E-state index in [0.29, 0.717) is 6.54 Å². The summed E-state index contributed by atoms with van der Waals surface area (Å²) in [5.74, 6) is 0.940. The molecule has 0 aliphatic heterocycles. The molecule has 84 valence electrons. The number of H-pyrrole nitrogens is 1. The highest BCUT2D eigenvalue weighted by atomic mass is 15.0. The molecule has 2 aromatic rings. The van der Waals surface area contributed by atoms with E-state index < -0.39 is 0 Å². The predicted molar refractivity (Wildman–Crippen MR) is 66.2 cm³/mol. The molecule has 0 radical (unpaired) electrons. The van der Waals surface area contributed by atoms with Crippen LogP contribution in [0.1, 0.15) is 17.2 Å². The van der Waals surface area contributed by atoms with E-state index in [0.717, 1.165) is 28.6 Å². The molecule has 1 aromatic carbocycles. The second-order valence-electron chi connectivity index (χ2n) is 3.83. The first-order valence-electron chi connectivity index (χ1n) is 5.27. The molecule has 0 aliphatic rings. The summed E-state index contributed by atoms with van der Waals surface area (Å²) in [5.41, 5.74) is 9.67. The molecule has 4 nitrogen and oxygen atoms in total. The Hall–Kier alpha value is -1.97. The molecule has 4 N–H and O–H groups in total. The van der Waals surface area contributed by atoms with Crippen LogP contribution >= 0.6 is 0 Å². The summed E-state index contributed by atoms with van der Waals surface area (Å²) < 4.78 is 0. The Morgan fingerprint density at radius 3 is 2.69 bits per heavy atom. The highest BCUT2D eigenvalue weighted by molar-refractivity contribution is 5.65. The van der Waals surface area contributed by atoms with Crippen molar-refractivity contribution in [2.75, 3.05) is 11.1 Å². The maximum atomic E-state index is 5.84. The number of aromatic amines is 1. The van der Waals surface area contributed by atoms with Crippen molar-refractivity contribution in [2.24, 2.45) is 0 Å². The number of rotatable bonds is 3. The summed E-state index contributed by atoms with van der Waals surface area (Å²) in [4.78, 5) is 7.57. The van der Waals surface area contributed by atoms with Gasteiger partial charge in [-0.3, -0.25) is 0 Å². The lowest BCUT2D eigenvalue weighted by atomic mass is 10.2. The van der Waals surface area contributed by atoms with Gasteiger partial charge in [0, 0.05) is 5.69 Å². The lowest BCUT2D eigenvalue weighted by Gasteiger charge is -2.07. The lowest BCUT2D eigenvalue weighted by Crippen LogP contribution is -2.03. The van der Waals surface area contributed by atoms with Crippen LogP contribution in [0.5, 0.6) is 0 Å². The molecule has 0 saturated heterocycles. The van der Waals surface area contributed by atoms with Crippen LogP contribution in [0.4, 0.5) is 11.4 Å². The smallest absolute Gasteiger partial charge is 0.103 e. The molecule has 1 heterocycles. The van der Waals surface area contributed by atoms with Crippen molar-refractivity contribution in [3.05, 3.63) is 41.5 Å².